The molecule has 1 heterocycles. The molecule has 2 rings (SSSR count). The van der Waals surface area contributed by atoms with Gasteiger partial charge in [0.15, 0.2) is 0 Å². The summed E-state index contributed by atoms with van der Waals surface area (Å²) in [4.78, 5) is 14.2. The molecule has 1 fully saturated rings. The van der Waals surface area contributed by atoms with E-state index in [1.807, 2.05) is 32.9 Å². The van der Waals surface area contributed by atoms with Crippen molar-refractivity contribution in [2.45, 2.75) is 32.9 Å². The molecule has 1 aromatic rings. The molecule has 0 bridgehead atoms. The average Bonchev–Trinajstić information content (AvgIpc) is 2.41. The predicted molar refractivity (Wildman–Crippen MR) is 89.5 cm³/mol. The number of rotatable bonds is 3. The van der Waals surface area contributed by atoms with E-state index in [-0.39, 0.29) is 0 Å². The van der Waals surface area contributed by atoms with Gasteiger partial charge in [-0.25, -0.2) is 4.79 Å². The highest BCUT2D eigenvalue weighted by Crippen LogP contribution is 2.23. The van der Waals surface area contributed by atoms with E-state index in [0.29, 0.717) is 10.7 Å². The van der Waals surface area contributed by atoms with E-state index >= 15 is 0 Å². The Morgan fingerprint density at radius 3 is 2.68 bits per heavy atom. The SMILES string of the molecule is CC(C)(C)OC(=O)Nc1ccc(Cl)c(CN2CCNCC2)c1. The number of carbonyl (C=O) groups excluding carboxylic acids is 1. The molecule has 0 unspecified atom stereocenters. The molecule has 0 aliphatic carbocycles. The van der Waals surface area contributed by atoms with E-state index in [1.165, 1.54) is 0 Å². The van der Waals surface area contributed by atoms with Crippen LogP contribution in [0.1, 0.15) is 26.3 Å². The minimum atomic E-state index is -0.514. The summed E-state index contributed by atoms with van der Waals surface area (Å²) in [5.74, 6) is 0. The first-order valence-corrected chi connectivity index (χ1v) is 7.93. The maximum atomic E-state index is 11.8. The molecular weight excluding hydrogens is 302 g/mol. The molecule has 0 atom stereocenters. The predicted octanol–water partition coefficient (Wildman–Crippen LogP) is 3.09. The van der Waals surface area contributed by atoms with E-state index in [2.05, 4.69) is 15.5 Å². The van der Waals surface area contributed by atoms with Crippen molar-refractivity contribution in [1.29, 1.82) is 0 Å². The second kappa shape index (κ2) is 7.31. The van der Waals surface area contributed by atoms with Crippen molar-refractivity contribution in [2.24, 2.45) is 0 Å². The van der Waals surface area contributed by atoms with Gasteiger partial charge in [-0.15, -0.1) is 0 Å². The summed E-state index contributed by atoms with van der Waals surface area (Å²) >= 11 is 6.27. The standard InChI is InChI=1S/C16H24ClN3O2/c1-16(2,3)22-15(21)19-13-4-5-14(17)12(10-13)11-20-8-6-18-7-9-20/h4-5,10,18H,6-9,11H2,1-3H3,(H,19,21). The van der Waals surface area contributed by atoms with Crippen molar-refractivity contribution in [1.82, 2.24) is 10.2 Å². The van der Waals surface area contributed by atoms with Crippen LogP contribution in [0, 0.1) is 0 Å². The smallest absolute Gasteiger partial charge is 0.412 e. The van der Waals surface area contributed by atoms with Gasteiger partial charge in [-0.05, 0) is 44.5 Å². The Hall–Kier alpha value is -1.30. The monoisotopic (exact) mass is 325 g/mol. The number of nitrogens with one attached hydrogen (secondary N) is 2. The maximum absolute atomic E-state index is 11.8. The summed E-state index contributed by atoms with van der Waals surface area (Å²) in [7, 11) is 0. The fourth-order valence-corrected chi connectivity index (χ4v) is 2.48. The Labute approximate surface area is 137 Å². The first-order valence-electron chi connectivity index (χ1n) is 7.55. The molecule has 0 radical (unpaired) electrons. The number of piperazine rings is 1. The van der Waals surface area contributed by atoms with Crippen LogP contribution in [-0.4, -0.2) is 42.8 Å². The third-order valence-electron chi connectivity index (χ3n) is 3.29. The molecule has 122 valence electrons. The highest BCUT2D eigenvalue weighted by atomic mass is 35.5. The molecule has 0 spiro atoms. The van der Waals surface area contributed by atoms with Gasteiger partial charge in [0, 0.05) is 43.4 Å². The largest absolute Gasteiger partial charge is 0.444 e. The molecule has 1 aromatic carbocycles. The second-order valence-corrected chi connectivity index (χ2v) is 6.87. The van der Waals surface area contributed by atoms with Gasteiger partial charge in [0.05, 0.1) is 0 Å². The fourth-order valence-electron chi connectivity index (χ4n) is 2.31. The molecule has 0 aromatic heterocycles. The van der Waals surface area contributed by atoms with Crippen molar-refractivity contribution in [3.63, 3.8) is 0 Å². The van der Waals surface area contributed by atoms with E-state index in [9.17, 15) is 4.79 Å². The molecule has 2 N–H and O–H groups in total. The summed E-state index contributed by atoms with van der Waals surface area (Å²) in [6.07, 6.45) is -0.456. The topological polar surface area (TPSA) is 53.6 Å². The van der Waals surface area contributed by atoms with Gasteiger partial charge in [-0.3, -0.25) is 10.2 Å². The van der Waals surface area contributed by atoms with Crippen LogP contribution in [0.15, 0.2) is 18.2 Å². The van der Waals surface area contributed by atoms with Gasteiger partial charge in [0.1, 0.15) is 5.60 Å². The molecule has 1 amide bonds. The Bertz CT molecular complexity index is 523. The lowest BCUT2D eigenvalue weighted by Crippen LogP contribution is -2.42. The van der Waals surface area contributed by atoms with Crippen molar-refractivity contribution >= 4 is 23.4 Å². The highest BCUT2D eigenvalue weighted by molar-refractivity contribution is 6.31. The summed E-state index contributed by atoms with van der Waals surface area (Å²) in [5.41, 5.74) is 1.20. The zero-order valence-corrected chi connectivity index (χ0v) is 14.2. The van der Waals surface area contributed by atoms with E-state index < -0.39 is 11.7 Å². The van der Waals surface area contributed by atoms with Crippen LogP contribution < -0.4 is 10.6 Å². The number of hydrogen-bond donors (Lipinski definition) is 2. The lowest BCUT2D eigenvalue weighted by molar-refractivity contribution is 0.0636. The molecular formula is C16H24ClN3O2. The van der Waals surface area contributed by atoms with Crippen LogP contribution in [0.4, 0.5) is 10.5 Å². The van der Waals surface area contributed by atoms with E-state index in [0.717, 1.165) is 38.3 Å². The van der Waals surface area contributed by atoms with Crippen LogP contribution in [0.25, 0.3) is 0 Å². The fraction of sp³-hybridized carbons (Fsp3) is 0.562. The summed E-state index contributed by atoms with van der Waals surface area (Å²) < 4.78 is 5.26. The van der Waals surface area contributed by atoms with Crippen LogP contribution in [0.5, 0.6) is 0 Å². The van der Waals surface area contributed by atoms with Gasteiger partial charge < -0.3 is 10.1 Å². The molecule has 1 aliphatic rings. The summed E-state index contributed by atoms with van der Waals surface area (Å²) in [5, 5.41) is 6.79. The van der Waals surface area contributed by atoms with Crippen LogP contribution in [0.2, 0.25) is 5.02 Å². The van der Waals surface area contributed by atoms with Crippen molar-refractivity contribution < 1.29 is 9.53 Å². The first-order chi connectivity index (χ1) is 10.3. The van der Waals surface area contributed by atoms with Crippen molar-refractivity contribution in [2.75, 3.05) is 31.5 Å². The van der Waals surface area contributed by atoms with Gasteiger partial charge in [-0.1, -0.05) is 11.6 Å². The van der Waals surface area contributed by atoms with E-state index in [1.54, 1.807) is 6.07 Å². The zero-order chi connectivity index (χ0) is 16.2. The number of hydrogen-bond acceptors (Lipinski definition) is 4. The normalized spacial score (nSPS) is 16.4. The number of benzene rings is 1. The third-order valence-corrected chi connectivity index (χ3v) is 3.66. The number of halogens is 1. The molecule has 1 saturated heterocycles. The summed E-state index contributed by atoms with van der Waals surface area (Å²) in [6, 6.07) is 5.51. The highest BCUT2D eigenvalue weighted by Gasteiger charge is 2.17. The quantitative estimate of drug-likeness (QED) is 0.896. The molecule has 22 heavy (non-hydrogen) atoms. The average molecular weight is 326 g/mol. The number of anilines is 1. The first kappa shape index (κ1) is 17.1. The summed E-state index contributed by atoms with van der Waals surface area (Å²) in [6.45, 7) is 10.3. The lowest BCUT2D eigenvalue weighted by Gasteiger charge is -2.27. The lowest BCUT2D eigenvalue weighted by atomic mass is 10.1. The van der Waals surface area contributed by atoms with Gasteiger partial charge in [0.2, 0.25) is 0 Å². The van der Waals surface area contributed by atoms with Gasteiger partial charge in [0.25, 0.3) is 0 Å². The number of amides is 1. The molecule has 0 saturated carbocycles. The second-order valence-electron chi connectivity index (χ2n) is 6.46. The van der Waals surface area contributed by atoms with Crippen LogP contribution >= 0.6 is 11.6 Å². The van der Waals surface area contributed by atoms with Crippen LogP contribution in [-0.2, 0) is 11.3 Å². The number of ether oxygens (including phenoxy) is 1. The Kier molecular flexibility index (Phi) is 5.67. The third kappa shape index (κ3) is 5.48. The molecule has 5 nitrogen and oxygen atoms in total. The van der Waals surface area contributed by atoms with Gasteiger partial charge >= 0.3 is 6.09 Å². The van der Waals surface area contributed by atoms with Crippen molar-refractivity contribution in [3.05, 3.63) is 28.8 Å². The Morgan fingerprint density at radius 2 is 2.05 bits per heavy atom. The zero-order valence-electron chi connectivity index (χ0n) is 13.4. The van der Waals surface area contributed by atoms with Crippen LogP contribution in [0.3, 0.4) is 0 Å². The van der Waals surface area contributed by atoms with Crippen molar-refractivity contribution in [3.8, 4) is 0 Å². The number of nitrogens with zero attached hydrogens (tertiary/aromatic N) is 1. The minimum Gasteiger partial charge on any atom is -0.444 e. The molecule has 6 heteroatoms. The van der Waals surface area contributed by atoms with Gasteiger partial charge in [-0.2, -0.15) is 0 Å². The molecule has 1 aliphatic heterocycles. The minimum absolute atomic E-state index is 0.456. The Balaban J connectivity index is 2.01. The number of carbonyl (C=O) groups is 1. The maximum Gasteiger partial charge on any atom is 0.412 e. The Morgan fingerprint density at radius 1 is 1.36 bits per heavy atom. The van der Waals surface area contributed by atoms with E-state index in [4.69, 9.17) is 16.3 Å².